The van der Waals surface area contributed by atoms with E-state index in [2.05, 4.69) is 41.9 Å². The Kier molecular flexibility index (Phi) is 16.5. The van der Waals surface area contributed by atoms with Crippen molar-refractivity contribution in [2.45, 2.75) is 45.8 Å². The Labute approximate surface area is 281 Å². The van der Waals surface area contributed by atoms with E-state index in [1.165, 1.54) is 0 Å². The second kappa shape index (κ2) is 19.4. The van der Waals surface area contributed by atoms with Gasteiger partial charge in [-0.3, -0.25) is 39.6 Å². The molecule has 258 valence electrons. The van der Waals surface area contributed by atoms with Crippen molar-refractivity contribution in [1.29, 1.82) is 10.8 Å². The van der Waals surface area contributed by atoms with E-state index in [4.69, 9.17) is 32.1 Å². The number of halogens is 1. The zero-order valence-electron chi connectivity index (χ0n) is 25.1. The SMILES string of the molecule is Cc1nc(NC(=N)N)sc1C(=O)NCCC(=O)NCCC(=O)OC(CC(=O)O)NC(=O)CCNC(=O)c1sc(NC(=N)N)nc1C.Cl. The van der Waals surface area contributed by atoms with Gasteiger partial charge in [-0.1, -0.05) is 22.7 Å². The van der Waals surface area contributed by atoms with Gasteiger partial charge in [-0.05, 0) is 13.8 Å². The van der Waals surface area contributed by atoms with Crippen LogP contribution < -0.4 is 43.4 Å². The van der Waals surface area contributed by atoms with Crippen LogP contribution in [0.4, 0.5) is 10.3 Å². The molecule has 2 aromatic heterocycles. The van der Waals surface area contributed by atoms with Crippen molar-refractivity contribution in [2.75, 3.05) is 30.3 Å². The first-order valence-electron chi connectivity index (χ1n) is 13.3. The van der Waals surface area contributed by atoms with E-state index in [-0.39, 0.29) is 83.2 Å². The molecular weight excluding hydrogens is 684 g/mol. The van der Waals surface area contributed by atoms with Gasteiger partial charge in [-0.25, -0.2) is 9.97 Å². The highest BCUT2D eigenvalue weighted by atomic mass is 35.5. The Balaban J connectivity index is 0.0000110. The summed E-state index contributed by atoms with van der Waals surface area (Å²) in [5.41, 5.74) is 11.3. The van der Waals surface area contributed by atoms with Crippen molar-refractivity contribution < 1.29 is 38.6 Å². The summed E-state index contributed by atoms with van der Waals surface area (Å²) in [5, 5.41) is 38.9. The monoisotopic (exact) mass is 718 g/mol. The van der Waals surface area contributed by atoms with Crippen LogP contribution in [0, 0.1) is 24.7 Å². The summed E-state index contributed by atoms with van der Waals surface area (Å²) in [6.07, 6.45) is -2.93. The number of hydrogen-bond acceptors (Lipinski definition) is 13. The van der Waals surface area contributed by atoms with Crippen LogP contribution in [0.1, 0.15) is 56.4 Å². The molecule has 20 nitrogen and oxygen atoms in total. The Morgan fingerprint density at radius 3 is 1.68 bits per heavy atom. The van der Waals surface area contributed by atoms with Crippen LogP contribution in [0.5, 0.6) is 0 Å². The standard InChI is InChI=1S/C24H34N12O8S2.ClH/c1-10-17(45-23(32-10)35-21(25)26)19(42)30-6-3-12(37)29-8-5-16(41)44-14(9-15(39)40)34-13(38)4-7-31-20(43)18-11(2)33-24(46-18)36-22(27)28;/h14H,3-9H2,1-2H3,(H,29,37)(H,30,42)(H,31,43)(H,34,38)(H,39,40)(H4,25,26,32,35)(H4,27,28,33,36);1H. The molecule has 4 amide bonds. The number of nitrogens with one attached hydrogen (secondary N) is 8. The summed E-state index contributed by atoms with van der Waals surface area (Å²) in [6, 6.07) is 0. The quantitative estimate of drug-likeness (QED) is 0.0411. The lowest BCUT2D eigenvalue weighted by atomic mass is 10.3. The van der Waals surface area contributed by atoms with Crippen LogP contribution in [0.3, 0.4) is 0 Å². The fourth-order valence-corrected chi connectivity index (χ4v) is 5.22. The van der Waals surface area contributed by atoms with Gasteiger partial charge in [0.25, 0.3) is 11.8 Å². The lowest BCUT2D eigenvalue weighted by molar-refractivity contribution is -0.155. The minimum atomic E-state index is -1.50. The second-order valence-electron chi connectivity index (χ2n) is 9.20. The topological polar surface area (TPSA) is 330 Å². The minimum absolute atomic E-state index is 0. The highest BCUT2D eigenvalue weighted by Crippen LogP contribution is 2.23. The number of ether oxygens (including phenoxy) is 1. The van der Waals surface area contributed by atoms with Crippen molar-refractivity contribution >= 4 is 92.8 Å². The predicted molar refractivity (Wildman–Crippen MR) is 174 cm³/mol. The van der Waals surface area contributed by atoms with E-state index >= 15 is 0 Å². The Bertz CT molecular complexity index is 1500. The highest BCUT2D eigenvalue weighted by molar-refractivity contribution is 7.18. The van der Waals surface area contributed by atoms with E-state index in [0.717, 1.165) is 22.7 Å². The third kappa shape index (κ3) is 14.7. The van der Waals surface area contributed by atoms with Gasteiger partial charge in [0.2, 0.25) is 11.8 Å². The van der Waals surface area contributed by atoms with Gasteiger partial charge >= 0.3 is 11.9 Å². The molecular formula is C24H35ClN12O8S2. The molecule has 2 heterocycles. The second-order valence-corrected chi connectivity index (χ2v) is 11.2. The molecule has 0 aliphatic rings. The Morgan fingerprint density at radius 2 is 1.23 bits per heavy atom. The predicted octanol–water partition coefficient (Wildman–Crippen LogP) is -0.845. The molecule has 13 N–H and O–H groups in total. The van der Waals surface area contributed by atoms with Crippen molar-refractivity contribution in [3.05, 3.63) is 21.1 Å². The first-order chi connectivity index (χ1) is 21.6. The minimum Gasteiger partial charge on any atom is -0.481 e. The maximum atomic E-state index is 12.4. The van der Waals surface area contributed by atoms with Crippen LogP contribution in [0.2, 0.25) is 0 Å². The molecule has 2 aromatic rings. The summed E-state index contributed by atoms with van der Waals surface area (Å²) < 4.78 is 5.04. The third-order valence-corrected chi connectivity index (χ3v) is 7.51. The van der Waals surface area contributed by atoms with Gasteiger partial charge in [0.1, 0.15) is 16.2 Å². The van der Waals surface area contributed by atoms with E-state index < -0.39 is 48.2 Å². The summed E-state index contributed by atoms with van der Waals surface area (Å²) in [7, 11) is 0. The summed E-state index contributed by atoms with van der Waals surface area (Å²) in [6.45, 7) is 2.89. The molecule has 0 aromatic carbocycles. The molecule has 0 aliphatic carbocycles. The van der Waals surface area contributed by atoms with Gasteiger partial charge in [0, 0.05) is 32.5 Å². The lowest BCUT2D eigenvalue weighted by Crippen LogP contribution is -2.41. The molecule has 0 saturated carbocycles. The highest BCUT2D eigenvalue weighted by Gasteiger charge is 2.21. The van der Waals surface area contributed by atoms with E-state index in [9.17, 15) is 28.8 Å². The number of nitrogens with two attached hydrogens (primary N) is 2. The van der Waals surface area contributed by atoms with Crippen molar-refractivity contribution in [3.8, 4) is 0 Å². The fraction of sp³-hybridized carbons (Fsp3) is 0.417. The van der Waals surface area contributed by atoms with Crippen molar-refractivity contribution in [1.82, 2.24) is 31.2 Å². The number of carboxylic acid groups (broad SMARTS) is 1. The first kappa shape index (κ1) is 39.9. The smallest absolute Gasteiger partial charge is 0.309 e. The Morgan fingerprint density at radius 1 is 0.787 bits per heavy atom. The number of aromatic nitrogens is 2. The molecule has 47 heavy (non-hydrogen) atoms. The molecule has 1 atom stereocenters. The molecule has 2 rings (SSSR count). The van der Waals surface area contributed by atoms with Gasteiger partial charge < -0.3 is 53.2 Å². The largest absolute Gasteiger partial charge is 0.481 e. The number of aliphatic carboxylic acids is 1. The van der Waals surface area contributed by atoms with Crippen LogP contribution in [-0.4, -0.2) is 88.4 Å². The zero-order chi connectivity index (χ0) is 34.4. The zero-order valence-corrected chi connectivity index (χ0v) is 27.6. The number of rotatable bonds is 17. The van der Waals surface area contributed by atoms with Crippen molar-refractivity contribution in [2.24, 2.45) is 11.5 Å². The van der Waals surface area contributed by atoms with Gasteiger partial charge in [-0.15, -0.1) is 12.4 Å². The number of anilines is 2. The number of esters is 1. The molecule has 0 fully saturated rings. The maximum Gasteiger partial charge on any atom is 0.309 e. The number of hydrogen-bond donors (Lipinski definition) is 11. The van der Waals surface area contributed by atoms with E-state index in [1.54, 1.807) is 13.8 Å². The van der Waals surface area contributed by atoms with Crippen LogP contribution >= 0.6 is 35.1 Å². The molecule has 0 radical (unpaired) electrons. The summed E-state index contributed by atoms with van der Waals surface area (Å²) in [4.78, 5) is 81.3. The number of carbonyl (C=O) groups excluding carboxylic acids is 5. The Hall–Kier alpha value is -5.09. The lowest BCUT2D eigenvalue weighted by Gasteiger charge is -2.18. The van der Waals surface area contributed by atoms with Gasteiger partial charge in [-0.2, -0.15) is 0 Å². The third-order valence-electron chi connectivity index (χ3n) is 5.37. The summed E-state index contributed by atoms with van der Waals surface area (Å²) in [5.74, 6) is -5.09. The molecule has 0 bridgehead atoms. The average Bonchev–Trinajstić information content (AvgIpc) is 3.48. The van der Waals surface area contributed by atoms with E-state index in [0.29, 0.717) is 11.4 Å². The van der Waals surface area contributed by atoms with Crippen LogP contribution in [-0.2, 0) is 23.9 Å². The van der Waals surface area contributed by atoms with E-state index in [1.807, 2.05) is 0 Å². The average molecular weight is 719 g/mol. The summed E-state index contributed by atoms with van der Waals surface area (Å²) >= 11 is 1.95. The molecule has 23 heteroatoms. The number of thiazole rings is 2. The molecule has 1 unspecified atom stereocenters. The number of carbonyl (C=O) groups is 6. The first-order valence-corrected chi connectivity index (χ1v) is 15.0. The van der Waals surface area contributed by atoms with Crippen LogP contribution in [0.15, 0.2) is 0 Å². The number of amides is 4. The number of nitrogens with zero attached hydrogens (tertiary/aromatic N) is 2. The molecule has 0 aliphatic heterocycles. The van der Waals surface area contributed by atoms with Crippen LogP contribution in [0.25, 0.3) is 0 Å². The number of guanidine groups is 2. The van der Waals surface area contributed by atoms with Gasteiger partial charge in [0.05, 0.1) is 17.8 Å². The van der Waals surface area contributed by atoms with Gasteiger partial charge in [0.15, 0.2) is 28.4 Å². The van der Waals surface area contributed by atoms with Crippen molar-refractivity contribution in [3.63, 3.8) is 0 Å². The fourth-order valence-electron chi connectivity index (χ4n) is 3.43. The molecule has 0 saturated heterocycles. The normalized spacial score (nSPS) is 10.8. The maximum absolute atomic E-state index is 12.4. The number of carboxylic acids is 1. The number of aryl methyl sites for hydroxylation is 2. The molecule has 0 spiro atoms.